The molecule has 1 fully saturated rings. The number of carbonyl (C=O) groups is 2. The average molecular weight is 334 g/mol. The number of piperazine rings is 1. The van der Waals surface area contributed by atoms with E-state index in [0.29, 0.717) is 37.3 Å². The van der Waals surface area contributed by atoms with E-state index in [1.54, 1.807) is 35.6 Å². The van der Waals surface area contributed by atoms with E-state index in [1.807, 2.05) is 29.2 Å². The summed E-state index contributed by atoms with van der Waals surface area (Å²) in [4.78, 5) is 36.0. The van der Waals surface area contributed by atoms with E-state index in [4.69, 9.17) is 0 Å². The lowest BCUT2D eigenvalue weighted by Crippen LogP contribution is -2.50. The van der Waals surface area contributed by atoms with Crippen molar-refractivity contribution in [2.24, 2.45) is 0 Å². The maximum Gasteiger partial charge on any atom is 0.256 e. The molecule has 2 aromatic heterocycles. The molecule has 0 saturated carbocycles. The van der Waals surface area contributed by atoms with Crippen LogP contribution in [0.15, 0.2) is 55.0 Å². The number of aromatic nitrogens is 2. The van der Waals surface area contributed by atoms with Crippen LogP contribution >= 0.6 is 0 Å². The van der Waals surface area contributed by atoms with Gasteiger partial charge in [0.15, 0.2) is 0 Å². The number of pyridine rings is 1. The molecule has 1 aromatic carbocycles. The molecule has 1 aliphatic heterocycles. The van der Waals surface area contributed by atoms with Crippen LogP contribution in [-0.4, -0.2) is 57.8 Å². The van der Waals surface area contributed by atoms with E-state index < -0.39 is 0 Å². The highest BCUT2D eigenvalue weighted by atomic mass is 16.2. The number of aromatic amines is 1. The van der Waals surface area contributed by atoms with Gasteiger partial charge in [0, 0.05) is 61.2 Å². The van der Waals surface area contributed by atoms with Crippen molar-refractivity contribution in [3.8, 4) is 0 Å². The van der Waals surface area contributed by atoms with Crippen LogP contribution in [0.5, 0.6) is 0 Å². The summed E-state index contributed by atoms with van der Waals surface area (Å²) in [6.45, 7) is 2.15. The first-order valence-electron chi connectivity index (χ1n) is 8.29. The number of fused-ring (bicyclic) bond motifs is 1. The minimum Gasteiger partial charge on any atom is -0.360 e. The summed E-state index contributed by atoms with van der Waals surface area (Å²) in [7, 11) is 0. The highest BCUT2D eigenvalue weighted by Crippen LogP contribution is 2.20. The highest BCUT2D eigenvalue weighted by Gasteiger charge is 2.26. The Labute approximate surface area is 145 Å². The monoisotopic (exact) mass is 334 g/mol. The molecule has 1 saturated heterocycles. The Morgan fingerprint density at radius 3 is 2.24 bits per heavy atom. The van der Waals surface area contributed by atoms with Gasteiger partial charge in [-0.15, -0.1) is 0 Å². The topological polar surface area (TPSA) is 69.3 Å². The molecule has 25 heavy (non-hydrogen) atoms. The number of amides is 2. The van der Waals surface area contributed by atoms with Crippen molar-refractivity contribution in [2.75, 3.05) is 26.2 Å². The van der Waals surface area contributed by atoms with Gasteiger partial charge < -0.3 is 14.8 Å². The number of nitrogens with zero attached hydrogens (tertiary/aromatic N) is 3. The quantitative estimate of drug-likeness (QED) is 0.781. The molecule has 3 aromatic rings. The lowest BCUT2D eigenvalue weighted by molar-refractivity contribution is 0.0536. The summed E-state index contributed by atoms with van der Waals surface area (Å²) in [6.07, 6.45) is 5.00. The first kappa shape index (κ1) is 15.4. The van der Waals surface area contributed by atoms with E-state index in [1.165, 1.54) is 0 Å². The first-order chi connectivity index (χ1) is 12.2. The van der Waals surface area contributed by atoms with Crippen LogP contribution in [0.3, 0.4) is 0 Å². The first-order valence-corrected chi connectivity index (χ1v) is 8.29. The van der Waals surface area contributed by atoms with Crippen molar-refractivity contribution < 1.29 is 9.59 Å². The molecule has 0 unspecified atom stereocenters. The molecule has 4 rings (SSSR count). The van der Waals surface area contributed by atoms with Crippen LogP contribution in [0.4, 0.5) is 0 Å². The Kier molecular flexibility index (Phi) is 3.93. The number of carbonyl (C=O) groups excluding carboxylic acids is 2. The third-order valence-electron chi connectivity index (χ3n) is 4.60. The van der Waals surface area contributed by atoms with Gasteiger partial charge in [-0.25, -0.2) is 0 Å². The Hall–Kier alpha value is -3.15. The largest absolute Gasteiger partial charge is 0.360 e. The number of hydrogen-bond acceptors (Lipinski definition) is 3. The van der Waals surface area contributed by atoms with Crippen molar-refractivity contribution in [2.45, 2.75) is 0 Å². The maximum absolute atomic E-state index is 12.8. The fourth-order valence-electron chi connectivity index (χ4n) is 3.21. The second-order valence-electron chi connectivity index (χ2n) is 6.07. The third-order valence-corrected chi connectivity index (χ3v) is 4.60. The van der Waals surface area contributed by atoms with Crippen LogP contribution in [-0.2, 0) is 0 Å². The van der Waals surface area contributed by atoms with E-state index in [0.717, 1.165) is 10.9 Å². The molecule has 126 valence electrons. The Balaban J connectivity index is 1.45. The molecule has 3 heterocycles. The Morgan fingerprint density at radius 2 is 1.52 bits per heavy atom. The van der Waals surface area contributed by atoms with Crippen LogP contribution in [0.2, 0.25) is 0 Å². The van der Waals surface area contributed by atoms with Gasteiger partial charge in [-0.3, -0.25) is 14.6 Å². The zero-order chi connectivity index (χ0) is 17.2. The van der Waals surface area contributed by atoms with Crippen molar-refractivity contribution in [1.82, 2.24) is 19.8 Å². The van der Waals surface area contributed by atoms with Gasteiger partial charge in [0.25, 0.3) is 11.8 Å². The second kappa shape index (κ2) is 6.39. The molecule has 0 bridgehead atoms. The average Bonchev–Trinajstić information content (AvgIpc) is 3.12. The third kappa shape index (κ3) is 2.87. The molecular weight excluding hydrogens is 316 g/mol. The zero-order valence-corrected chi connectivity index (χ0v) is 13.7. The number of benzene rings is 1. The molecular formula is C19H18N4O2. The van der Waals surface area contributed by atoms with Crippen LogP contribution in [0, 0.1) is 0 Å². The Bertz CT molecular complexity index is 911. The predicted molar refractivity (Wildman–Crippen MR) is 94.3 cm³/mol. The van der Waals surface area contributed by atoms with Crippen LogP contribution < -0.4 is 0 Å². The smallest absolute Gasteiger partial charge is 0.256 e. The summed E-state index contributed by atoms with van der Waals surface area (Å²) in [5, 5.41) is 0.933. The van der Waals surface area contributed by atoms with E-state index in [9.17, 15) is 9.59 Å². The lowest BCUT2D eigenvalue weighted by Gasteiger charge is -2.34. The van der Waals surface area contributed by atoms with Crippen LogP contribution in [0.1, 0.15) is 20.7 Å². The van der Waals surface area contributed by atoms with Gasteiger partial charge in [-0.1, -0.05) is 18.2 Å². The molecule has 2 amide bonds. The van der Waals surface area contributed by atoms with Crippen molar-refractivity contribution in [3.05, 3.63) is 66.1 Å². The standard InChI is InChI=1S/C19H18N4O2/c24-18(14-5-7-20-8-6-14)22-9-11-23(12-10-22)19(25)16-13-21-17-4-2-1-3-15(16)17/h1-8,13,21H,9-12H2. The van der Waals surface area contributed by atoms with Crippen LogP contribution in [0.25, 0.3) is 10.9 Å². The van der Waals surface area contributed by atoms with Crippen molar-refractivity contribution in [3.63, 3.8) is 0 Å². The van der Waals surface area contributed by atoms with E-state index >= 15 is 0 Å². The van der Waals surface area contributed by atoms with Gasteiger partial charge in [0.1, 0.15) is 0 Å². The molecule has 6 nitrogen and oxygen atoms in total. The molecule has 0 spiro atoms. The van der Waals surface area contributed by atoms with Crippen molar-refractivity contribution in [1.29, 1.82) is 0 Å². The lowest BCUT2D eigenvalue weighted by atomic mass is 10.1. The number of para-hydroxylation sites is 1. The van der Waals surface area contributed by atoms with Crippen molar-refractivity contribution >= 4 is 22.7 Å². The summed E-state index contributed by atoms with van der Waals surface area (Å²) in [5.74, 6) is -0.00458. The minimum atomic E-state index is -0.0124. The molecule has 1 aliphatic rings. The number of H-pyrrole nitrogens is 1. The molecule has 0 atom stereocenters. The van der Waals surface area contributed by atoms with E-state index in [2.05, 4.69) is 9.97 Å². The summed E-state index contributed by atoms with van der Waals surface area (Å²) in [5.41, 5.74) is 2.27. The number of rotatable bonds is 2. The Morgan fingerprint density at radius 1 is 0.880 bits per heavy atom. The van der Waals surface area contributed by atoms with Gasteiger partial charge in [0.2, 0.25) is 0 Å². The second-order valence-corrected chi connectivity index (χ2v) is 6.07. The van der Waals surface area contributed by atoms with Gasteiger partial charge >= 0.3 is 0 Å². The highest BCUT2D eigenvalue weighted by molar-refractivity contribution is 6.06. The van der Waals surface area contributed by atoms with E-state index in [-0.39, 0.29) is 11.8 Å². The number of nitrogens with one attached hydrogen (secondary N) is 1. The number of hydrogen-bond donors (Lipinski definition) is 1. The minimum absolute atomic E-state index is 0.00783. The SMILES string of the molecule is O=C(c1ccncc1)N1CCN(C(=O)c2c[nH]c3ccccc23)CC1. The van der Waals surface area contributed by atoms with Gasteiger partial charge in [-0.2, -0.15) is 0 Å². The van der Waals surface area contributed by atoms with Gasteiger partial charge in [-0.05, 0) is 18.2 Å². The normalized spacial score (nSPS) is 14.7. The molecule has 1 N–H and O–H groups in total. The van der Waals surface area contributed by atoms with Gasteiger partial charge in [0.05, 0.1) is 5.56 Å². The molecule has 0 radical (unpaired) electrons. The zero-order valence-electron chi connectivity index (χ0n) is 13.7. The fourth-order valence-corrected chi connectivity index (χ4v) is 3.21. The summed E-state index contributed by atoms with van der Waals surface area (Å²) in [6, 6.07) is 11.2. The maximum atomic E-state index is 12.8. The fraction of sp³-hybridized carbons (Fsp3) is 0.211. The predicted octanol–water partition coefficient (Wildman–Crippen LogP) is 2.16. The summed E-state index contributed by atoms with van der Waals surface area (Å²) >= 11 is 0. The molecule has 0 aliphatic carbocycles. The molecule has 6 heteroatoms. The summed E-state index contributed by atoms with van der Waals surface area (Å²) < 4.78 is 0.